The molecule has 0 heterocycles. The van der Waals surface area contributed by atoms with Crippen molar-refractivity contribution in [2.75, 3.05) is 7.11 Å². The maximum atomic E-state index is 13.0. The smallest absolute Gasteiger partial charge is 0.200 e. The molecule has 1 rings (SSSR count). The molecular weight excluding hydrogens is 239 g/mol. The van der Waals surface area contributed by atoms with Crippen LogP contribution in [0.2, 0.25) is 0 Å². The number of thiocarbonyl (C=S) groups is 1. The van der Waals surface area contributed by atoms with E-state index in [1.165, 1.54) is 0 Å². The first-order valence-corrected chi connectivity index (χ1v) is 3.92. The number of halogens is 5. The highest BCUT2D eigenvalue weighted by molar-refractivity contribution is 7.80. The van der Waals surface area contributed by atoms with E-state index in [9.17, 15) is 22.0 Å². The summed E-state index contributed by atoms with van der Waals surface area (Å²) in [5.41, 5.74) is -1.23. The molecule has 0 aliphatic heterocycles. The molecule has 7 heteroatoms. The number of methoxy groups -OCH3 is 1. The maximum Gasteiger partial charge on any atom is 0.200 e. The Morgan fingerprint density at radius 2 is 1.20 bits per heavy atom. The highest BCUT2D eigenvalue weighted by Gasteiger charge is 2.28. The van der Waals surface area contributed by atoms with Crippen LogP contribution >= 0.6 is 12.2 Å². The van der Waals surface area contributed by atoms with E-state index in [2.05, 4.69) is 17.0 Å². The van der Waals surface area contributed by atoms with Crippen LogP contribution in [0, 0.1) is 29.1 Å². The molecule has 0 saturated heterocycles. The van der Waals surface area contributed by atoms with Gasteiger partial charge in [0.05, 0.1) is 7.11 Å². The Labute approximate surface area is 86.5 Å². The Morgan fingerprint density at radius 3 is 1.53 bits per heavy atom. The molecule has 0 fully saturated rings. The van der Waals surface area contributed by atoms with Crippen molar-refractivity contribution in [1.29, 1.82) is 0 Å². The van der Waals surface area contributed by atoms with Gasteiger partial charge in [-0.15, -0.1) is 0 Å². The highest BCUT2D eigenvalue weighted by Crippen LogP contribution is 2.23. The predicted molar refractivity (Wildman–Crippen MR) is 44.9 cm³/mol. The first-order chi connectivity index (χ1) is 6.91. The van der Waals surface area contributed by atoms with Crippen molar-refractivity contribution in [1.82, 2.24) is 0 Å². The lowest BCUT2D eigenvalue weighted by Gasteiger charge is -2.07. The van der Waals surface area contributed by atoms with Crippen molar-refractivity contribution in [2.45, 2.75) is 0 Å². The molecule has 0 N–H and O–H groups in total. The van der Waals surface area contributed by atoms with Gasteiger partial charge in [0.25, 0.3) is 0 Å². The van der Waals surface area contributed by atoms with E-state index in [0.717, 1.165) is 7.11 Å². The fraction of sp³-hybridized carbons (Fsp3) is 0.125. The molecule has 0 bridgehead atoms. The third-order valence-electron chi connectivity index (χ3n) is 1.60. The minimum atomic E-state index is -2.23. The normalized spacial score (nSPS) is 10.3. The van der Waals surface area contributed by atoms with Crippen LogP contribution in [0.4, 0.5) is 22.0 Å². The molecule has 15 heavy (non-hydrogen) atoms. The lowest BCUT2D eigenvalue weighted by atomic mass is 10.2. The number of hydrogen-bond donors (Lipinski definition) is 0. The zero-order valence-electron chi connectivity index (χ0n) is 7.21. The Bertz CT molecular complexity index is 403. The first-order valence-electron chi connectivity index (χ1n) is 3.51. The monoisotopic (exact) mass is 242 g/mol. The van der Waals surface area contributed by atoms with Crippen LogP contribution in [-0.2, 0) is 4.74 Å². The lowest BCUT2D eigenvalue weighted by molar-refractivity contribution is 0.366. The van der Waals surface area contributed by atoms with Crippen molar-refractivity contribution in [2.24, 2.45) is 0 Å². The summed E-state index contributed by atoms with van der Waals surface area (Å²) in [6.45, 7) is 0. The summed E-state index contributed by atoms with van der Waals surface area (Å²) < 4.78 is 67.9. The standard InChI is InChI=1S/C8H3F5OS/c1-14-8(15)2-3(9)5(11)7(13)6(12)4(2)10/h1H3. The van der Waals surface area contributed by atoms with Crippen molar-refractivity contribution in [3.8, 4) is 0 Å². The molecule has 0 radical (unpaired) electrons. The van der Waals surface area contributed by atoms with Crippen molar-refractivity contribution in [3.05, 3.63) is 34.6 Å². The second kappa shape index (κ2) is 4.09. The zero-order valence-corrected chi connectivity index (χ0v) is 8.02. The molecule has 82 valence electrons. The molecule has 0 unspecified atom stereocenters. The van der Waals surface area contributed by atoms with Gasteiger partial charge in [0.1, 0.15) is 5.56 Å². The Kier molecular flexibility index (Phi) is 3.23. The van der Waals surface area contributed by atoms with Crippen molar-refractivity contribution >= 4 is 17.3 Å². The summed E-state index contributed by atoms with van der Waals surface area (Å²) in [6.07, 6.45) is 0. The molecule has 1 aromatic rings. The van der Waals surface area contributed by atoms with Gasteiger partial charge >= 0.3 is 0 Å². The van der Waals surface area contributed by atoms with Gasteiger partial charge in [-0.05, 0) is 12.2 Å². The quantitative estimate of drug-likeness (QED) is 0.324. The van der Waals surface area contributed by atoms with Gasteiger partial charge in [-0.1, -0.05) is 0 Å². The summed E-state index contributed by atoms with van der Waals surface area (Å²) in [6, 6.07) is 0. The van der Waals surface area contributed by atoms with Crippen LogP contribution in [0.5, 0.6) is 0 Å². The van der Waals surface area contributed by atoms with Gasteiger partial charge in [0.2, 0.25) is 5.82 Å². The van der Waals surface area contributed by atoms with Gasteiger partial charge in [0, 0.05) is 0 Å². The summed E-state index contributed by atoms with van der Waals surface area (Å²) in [7, 11) is 0.959. The SMILES string of the molecule is COC(=S)c1c(F)c(F)c(F)c(F)c1F. The molecule has 0 aliphatic rings. The maximum absolute atomic E-state index is 13.0. The van der Waals surface area contributed by atoms with E-state index >= 15 is 0 Å². The van der Waals surface area contributed by atoms with E-state index in [1.54, 1.807) is 0 Å². The largest absolute Gasteiger partial charge is 0.486 e. The number of hydrogen-bond acceptors (Lipinski definition) is 2. The summed E-state index contributed by atoms with van der Waals surface area (Å²) >= 11 is 4.30. The number of ether oxygens (including phenoxy) is 1. The molecule has 0 aliphatic carbocycles. The van der Waals surface area contributed by atoms with E-state index in [0.29, 0.717) is 0 Å². The van der Waals surface area contributed by atoms with Gasteiger partial charge in [-0.25, -0.2) is 22.0 Å². The summed E-state index contributed by atoms with van der Waals surface area (Å²) in [5.74, 6) is -10.3. The third-order valence-corrected chi connectivity index (χ3v) is 1.97. The Hall–Kier alpha value is -1.24. The van der Waals surface area contributed by atoms with E-state index in [4.69, 9.17) is 0 Å². The van der Waals surface area contributed by atoms with Gasteiger partial charge < -0.3 is 4.74 Å². The van der Waals surface area contributed by atoms with Gasteiger partial charge in [0.15, 0.2) is 28.3 Å². The predicted octanol–water partition coefficient (Wildman–Crippen LogP) is 2.70. The van der Waals surface area contributed by atoms with Crippen LogP contribution in [0.3, 0.4) is 0 Å². The van der Waals surface area contributed by atoms with Crippen LogP contribution in [0.1, 0.15) is 5.56 Å². The number of rotatable bonds is 1. The lowest BCUT2D eigenvalue weighted by Crippen LogP contribution is -2.12. The fourth-order valence-corrected chi connectivity index (χ4v) is 1.07. The Morgan fingerprint density at radius 1 is 0.867 bits per heavy atom. The molecule has 0 saturated carbocycles. The highest BCUT2D eigenvalue weighted by atomic mass is 32.1. The molecule has 1 aromatic carbocycles. The fourth-order valence-electron chi connectivity index (χ4n) is 0.886. The topological polar surface area (TPSA) is 9.23 Å². The van der Waals surface area contributed by atoms with Crippen LogP contribution in [0.15, 0.2) is 0 Å². The van der Waals surface area contributed by atoms with E-state index in [-0.39, 0.29) is 0 Å². The van der Waals surface area contributed by atoms with Crippen LogP contribution in [-0.4, -0.2) is 12.2 Å². The molecule has 1 nitrogen and oxygen atoms in total. The van der Waals surface area contributed by atoms with Gasteiger partial charge in [-0.2, -0.15) is 0 Å². The molecule has 0 amide bonds. The summed E-state index contributed by atoms with van der Waals surface area (Å²) in [4.78, 5) is 0. The summed E-state index contributed by atoms with van der Waals surface area (Å²) in [5, 5.41) is -0.803. The second-order valence-electron chi connectivity index (χ2n) is 2.44. The Balaban J connectivity index is 3.60. The van der Waals surface area contributed by atoms with Crippen LogP contribution < -0.4 is 0 Å². The molecule has 0 spiro atoms. The van der Waals surface area contributed by atoms with Crippen LogP contribution in [0.25, 0.3) is 0 Å². The molecule has 0 atom stereocenters. The minimum absolute atomic E-state index is 0.803. The number of benzene rings is 1. The van der Waals surface area contributed by atoms with E-state index in [1.807, 2.05) is 0 Å². The zero-order chi connectivity index (χ0) is 11.7. The molecule has 0 aromatic heterocycles. The third kappa shape index (κ3) is 1.79. The van der Waals surface area contributed by atoms with Crippen molar-refractivity contribution < 1.29 is 26.7 Å². The molecular formula is C8H3F5OS. The minimum Gasteiger partial charge on any atom is -0.486 e. The van der Waals surface area contributed by atoms with E-state index < -0.39 is 39.7 Å². The first kappa shape index (κ1) is 11.8. The average molecular weight is 242 g/mol. The average Bonchev–Trinajstić information content (AvgIpc) is 2.23. The van der Waals surface area contributed by atoms with Crippen molar-refractivity contribution in [3.63, 3.8) is 0 Å². The van der Waals surface area contributed by atoms with Gasteiger partial charge in [-0.3, -0.25) is 0 Å². The second-order valence-corrected chi connectivity index (χ2v) is 2.81.